The largest absolute Gasteiger partial charge is 0.465 e. The fourth-order valence-electron chi connectivity index (χ4n) is 3.03. The maximum absolute atomic E-state index is 12.1. The summed E-state index contributed by atoms with van der Waals surface area (Å²) < 4.78 is 6.51. The molecule has 2 N–H and O–H groups in total. The predicted molar refractivity (Wildman–Crippen MR) is 126 cm³/mol. The Balaban J connectivity index is 1.77. The van der Waals surface area contributed by atoms with Gasteiger partial charge in [0.05, 0.1) is 18.1 Å². The first-order valence-corrected chi connectivity index (χ1v) is 11.4. The number of nitro benzene ring substituents is 1. The van der Waals surface area contributed by atoms with Gasteiger partial charge in [-0.05, 0) is 31.5 Å². The Bertz CT molecular complexity index is 1160. The number of ether oxygens (including phenoxy) is 1. The number of non-ortho nitro benzene ring substituents is 1. The number of amides is 2. The molecule has 0 unspecified atom stereocenters. The lowest BCUT2D eigenvalue weighted by atomic mass is 10.2. The first-order chi connectivity index (χ1) is 16.4. The first kappa shape index (κ1) is 24.7. The number of esters is 1. The Kier molecular flexibility index (Phi) is 8.57. The number of nitro groups is 1. The van der Waals surface area contributed by atoms with Crippen molar-refractivity contribution in [3.05, 3.63) is 75.6 Å². The number of nitrogens with one attached hydrogen (secondary N) is 2. The monoisotopic (exact) mass is 484 g/mol. The minimum atomic E-state index is -0.569. The van der Waals surface area contributed by atoms with Gasteiger partial charge in [-0.1, -0.05) is 41.6 Å². The van der Waals surface area contributed by atoms with Gasteiger partial charge >= 0.3 is 12.0 Å². The molecule has 3 aromatic rings. The average molecular weight is 485 g/mol. The summed E-state index contributed by atoms with van der Waals surface area (Å²) >= 11 is 1.45. The van der Waals surface area contributed by atoms with Gasteiger partial charge in [-0.25, -0.2) is 4.79 Å². The van der Waals surface area contributed by atoms with Crippen LogP contribution in [0.4, 0.5) is 10.5 Å². The molecule has 0 saturated heterocycles. The maximum atomic E-state index is 12.1. The molecule has 34 heavy (non-hydrogen) atoms. The number of aromatic nitrogens is 3. The predicted octanol–water partition coefficient (Wildman–Crippen LogP) is 3.14. The molecule has 178 valence electrons. The van der Waals surface area contributed by atoms with Gasteiger partial charge in [0.25, 0.3) is 5.69 Å². The van der Waals surface area contributed by atoms with Crippen LogP contribution in [0.2, 0.25) is 0 Å². The molecule has 0 bridgehead atoms. The molecule has 0 aliphatic heterocycles. The zero-order valence-electron chi connectivity index (χ0n) is 18.7. The standard InChI is InChI=1S/C22H24N6O5S/c1-3-33-20(29)13-24-21(30)23-12-19-25-26-22(34-14-16-6-4-5-15(2)11-16)27(19)17-7-9-18(10-8-17)28(31)32/h4-11H,3,12-14H2,1-2H3,(H2,23,24,30). The number of hydrogen-bond acceptors (Lipinski definition) is 8. The number of aryl methyl sites for hydroxylation is 1. The lowest BCUT2D eigenvalue weighted by molar-refractivity contribution is -0.384. The van der Waals surface area contributed by atoms with E-state index in [2.05, 4.69) is 26.9 Å². The van der Waals surface area contributed by atoms with E-state index >= 15 is 0 Å². The van der Waals surface area contributed by atoms with Crippen LogP contribution in [0.15, 0.2) is 53.7 Å². The van der Waals surface area contributed by atoms with E-state index in [-0.39, 0.29) is 25.4 Å². The highest BCUT2D eigenvalue weighted by Crippen LogP contribution is 2.26. The maximum Gasteiger partial charge on any atom is 0.325 e. The molecule has 1 heterocycles. The highest BCUT2D eigenvalue weighted by atomic mass is 32.2. The van der Waals surface area contributed by atoms with E-state index in [1.807, 2.05) is 25.1 Å². The minimum absolute atomic E-state index is 0.0175. The molecule has 2 amide bonds. The van der Waals surface area contributed by atoms with E-state index in [0.717, 1.165) is 11.1 Å². The second-order valence-corrected chi connectivity index (χ2v) is 8.07. The SMILES string of the molecule is CCOC(=O)CNC(=O)NCc1nnc(SCc2cccc(C)c2)n1-c1ccc([N+](=O)[O-])cc1. The van der Waals surface area contributed by atoms with Gasteiger partial charge < -0.3 is 15.4 Å². The molecule has 3 rings (SSSR count). The quantitative estimate of drug-likeness (QED) is 0.193. The van der Waals surface area contributed by atoms with Gasteiger partial charge in [-0.3, -0.25) is 19.5 Å². The Hall–Kier alpha value is -3.93. The second-order valence-electron chi connectivity index (χ2n) is 7.13. The van der Waals surface area contributed by atoms with Crippen molar-refractivity contribution in [1.29, 1.82) is 0 Å². The molecule has 0 spiro atoms. The Morgan fingerprint density at radius 3 is 2.59 bits per heavy atom. The zero-order chi connectivity index (χ0) is 24.5. The van der Waals surface area contributed by atoms with Crippen LogP contribution in [0.3, 0.4) is 0 Å². The molecule has 0 aliphatic carbocycles. The summed E-state index contributed by atoms with van der Waals surface area (Å²) in [5, 5.41) is 25.1. The molecule has 0 fully saturated rings. The van der Waals surface area contributed by atoms with Crippen molar-refractivity contribution >= 4 is 29.4 Å². The van der Waals surface area contributed by atoms with Crippen LogP contribution >= 0.6 is 11.8 Å². The fourth-order valence-corrected chi connectivity index (χ4v) is 3.94. The molecule has 2 aromatic carbocycles. The second kappa shape index (κ2) is 11.8. The van der Waals surface area contributed by atoms with Gasteiger partial charge in [0.15, 0.2) is 11.0 Å². The van der Waals surface area contributed by atoms with E-state index in [1.54, 1.807) is 23.6 Å². The number of carbonyl (C=O) groups is 2. The molecular weight excluding hydrogens is 460 g/mol. The van der Waals surface area contributed by atoms with Crippen molar-refractivity contribution in [1.82, 2.24) is 25.4 Å². The number of carbonyl (C=O) groups excluding carboxylic acids is 2. The number of urea groups is 1. The normalized spacial score (nSPS) is 10.5. The summed E-state index contributed by atoms with van der Waals surface area (Å²) in [7, 11) is 0. The zero-order valence-corrected chi connectivity index (χ0v) is 19.5. The molecule has 0 radical (unpaired) electrons. The Labute approximate surface area is 200 Å². The van der Waals surface area contributed by atoms with Crippen LogP contribution in [0.1, 0.15) is 23.9 Å². The van der Waals surface area contributed by atoms with Crippen LogP contribution in [0.25, 0.3) is 5.69 Å². The summed E-state index contributed by atoms with van der Waals surface area (Å²) in [5.41, 5.74) is 2.84. The molecule has 0 saturated carbocycles. The highest BCUT2D eigenvalue weighted by Gasteiger charge is 2.17. The Morgan fingerprint density at radius 1 is 1.15 bits per heavy atom. The fraction of sp³-hybridized carbons (Fsp3) is 0.273. The summed E-state index contributed by atoms with van der Waals surface area (Å²) in [6.07, 6.45) is 0. The van der Waals surface area contributed by atoms with Crippen LogP contribution in [0, 0.1) is 17.0 Å². The average Bonchev–Trinajstić information content (AvgIpc) is 3.23. The third-order valence-corrected chi connectivity index (χ3v) is 5.58. The van der Waals surface area contributed by atoms with Crippen molar-refractivity contribution in [2.24, 2.45) is 0 Å². The number of benzene rings is 2. The van der Waals surface area contributed by atoms with E-state index in [0.29, 0.717) is 22.4 Å². The van der Waals surface area contributed by atoms with Crippen molar-refractivity contribution in [3.63, 3.8) is 0 Å². The Morgan fingerprint density at radius 2 is 1.91 bits per heavy atom. The summed E-state index contributed by atoms with van der Waals surface area (Å²) in [5.74, 6) is 0.522. The number of rotatable bonds is 10. The molecular formula is C22H24N6O5S. The molecule has 0 atom stereocenters. The van der Waals surface area contributed by atoms with Gasteiger partial charge in [-0.15, -0.1) is 10.2 Å². The van der Waals surface area contributed by atoms with E-state index in [9.17, 15) is 19.7 Å². The molecule has 0 aliphatic rings. The summed E-state index contributed by atoms with van der Waals surface area (Å²) in [6, 6.07) is 13.5. The van der Waals surface area contributed by atoms with Crippen molar-refractivity contribution in [2.45, 2.75) is 31.3 Å². The van der Waals surface area contributed by atoms with Crippen LogP contribution in [0.5, 0.6) is 0 Å². The first-order valence-electron chi connectivity index (χ1n) is 10.4. The highest BCUT2D eigenvalue weighted by molar-refractivity contribution is 7.98. The lowest BCUT2D eigenvalue weighted by Crippen LogP contribution is -2.39. The topological polar surface area (TPSA) is 141 Å². The summed E-state index contributed by atoms with van der Waals surface area (Å²) in [6.45, 7) is 3.68. The number of nitrogens with zero attached hydrogens (tertiary/aromatic N) is 4. The van der Waals surface area contributed by atoms with E-state index < -0.39 is 16.9 Å². The van der Waals surface area contributed by atoms with Crippen LogP contribution < -0.4 is 10.6 Å². The van der Waals surface area contributed by atoms with Crippen molar-refractivity contribution in [3.8, 4) is 5.69 Å². The lowest BCUT2D eigenvalue weighted by Gasteiger charge is -2.11. The number of thioether (sulfide) groups is 1. The smallest absolute Gasteiger partial charge is 0.325 e. The molecule has 12 heteroatoms. The molecule has 11 nitrogen and oxygen atoms in total. The summed E-state index contributed by atoms with van der Waals surface area (Å²) in [4.78, 5) is 34.0. The number of hydrogen-bond donors (Lipinski definition) is 2. The van der Waals surface area contributed by atoms with Gasteiger partial charge in [0, 0.05) is 23.6 Å². The van der Waals surface area contributed by atoms with E-state index in [4.69, 9.17) is 4.74 Å². The van der Waals surface area contributed by atoms with Crippen molar-refractivity contribution < 1.29 is 19.2 Å². The van der Waals surface area contributed by atoms with Crippen LogP contribution in [-0.2, 0) is 21.8 Å². The molecule has 1 aromatic heterocycles. The van der Waals surface area contributed by atoms with E-state index in [1.165, 1.54) is 23.9 Å². The third kappa shape index (κ3) is 6.78. The third-order valence-electron chi connectivity index (χ3n) is 4.58. The van der Waals surface area contributed by atoms with Gasteiger partial charge in [-0.2, -0.15) is 0 Å². The van der Waals surface area contributed by atoms with Crippen LogP contribution in [-0.4, -0.2) is 44.8 Å². The van der Waals surface area contributed by atoms with Crippen molar-refractivity contribution in [2.75, 3.05) is 13.2 Å². The minimum Gasteiger partial charge on any atom is -0.465 e. The van der Waals surface area contributed by atoms with Gasteiger partial charge in [0.2, 0.25) is 0 Å². The van der Waals surface area contributed by atoms with Gasteiger partial charge in [0.1, 0.15) is 6.54 Å².